The van der Waals surface area contributed by atoms with Crippen molar-refractivity contribution in [2.75, 3.05) is 0 Å². The van der Waals surface area contributed by atoms with Crippen molar-refractivity contribution in [2.45, 2.75) is 24.8 Å². The summed E-state index contributed by atoms with van der Waals surface area (Å²) in [7, 11) is 0. The number of pyridine rings is 1. The summed E-state index contributed by atoms with van der Waals surface area (Å²) in [5.41, 5.74) is 3.13. The van der Waals surface area contributed by atoms with Gasteiger partial charge in [0.25, 0.3) is 0 Å². The van der Waals surface area contributed by atoms with Crippen molar-refractivity contribution >= 4 is 39.7 Å². The fraction of sp³-hybridized carbons (Fsp3) is 0.235. The van der Waals surface area contributed by atoms with E-state index in [1.54, 1.807) is 0 Å². The third-order valence-corrected chi connectivity index (χ3v) is 4.43. The van der Waals surface area contributed by atoms with E-state index in [1.807, 2.05) is 49.4 Å². The van der Waals surface area contributed by atoms with Gasteiger partial charge < -0.3 is 5.11 Å². The van der Waals surface area contributed by atoms with Gasteiger partial charge in [-0.1, -0.05) is 42.0 Å². The number of aromatic nitrogens is 1. The molecule has 1 aromatic carbocycles. The Balaban J connectivity index is 2.28. The van der Waals surface area contributed by atoms with Gasteiger partial charge in [0.1, 0.15) is 0 Å². The van der Waals surface area contributed by atoms with Crippen LogP contribution in [-0.4, -0.2) is 15.0 Å². The Labute approximate surface area is 133 Å². The molecule has 21 heavy (non-hydrogen) atoms. The topological polar surface area (TPSA) is 33.1 Å². The number of benzene rings is 1. The number of para-hydroxylation sites is 1. The Hall–Kier alpha value is -1.35. The molecule has 1 atom stereocenters. The molecule has 1 aliphatic carbocycles. The van der Waals surface area contributed by atoms with Gasteiger partial charge in [0.05, 0.1) is 27.7 Å². The molecule has 2 nitrogen and oxygen atoms in total. The predicted octanol–water partition coefficient (Wildman–Crippen LogP) is 4.72. The van der Waals surface area contributed by atoms with E-state index in [4.69, 9.17) is 23.2 Å². The van der Waals surface area contributed by atoms with Crippen molar-refractivity contribution in [1.29, 1.82) is 0 Å². The highest BCUT2D eigenvalue weighted by Gasteiger charge is 2.30. The molecule has 2 aromatic rings. The molecule has 0 spiro atoms. The van der Waals surface area contributed by atoms with Gasteiger partial charge in [-0.15, -0.1) is 11.6 Å². The normalized spacial score (nSPS) is 21.6. The van der Waals surface area contributed by atoms with Gasteiger partial charge in [-0.2, -0.15) is 0 Å². The van der Waals surface area contributed by atoms with E-state index >= 15 is 0 Å². The maximum absolute atomic E-state index is 9.69. The number of hydrogen-bond acceptors (Lipinski definition) is 2. The van der Waals surface area contributed by atoms with E-state index in [-0.39, 0.29) is 6.61 Å². The zero-order valence-corrected chi connectivity index (χ0v) is 13.1. The fourth-order valence-electron chi connectivity index (χ4n) is 2.62. The smallest absolute Gasteiger partial charge is 0.0895 e. The number of fused-ring (bicyclic) bond motifs is 1. The Morgan fingerprint density at radius 3 is 2.90 bits per heavy atom. The maximum Gasteiger partial charge on any atom is 0.0895 e. The summed E-state index contributed by atoms with van der Waals surface area (Å²) in [6, 6.07) is 7.55. The van der Waals surface area contributed by atoms with Crippen LogP contribution in [0, 0.1) is 0 Å². The summed E-state index contributed by atoms with van der Waals surface area (Å²) in [5, 5.41) is 11.2. The molecule has 0 aliphatic heterocycles. The van der Waals surface area contributed by atoms with Gasteiger partial charge in [-0.25, -0.2) is 4.98 Å². The monoisotopic (exact) mass is 319 g/mol. The number of nitrogens with zero attached hydrogens (tertiary/aromatic N) is 1. The second-order valence-electron chi connectivity index (χ2n) is 5.38. The molecule has 0 amide bonds. The molecule has 0 saturated heterocycles. The maximum atomic E-state index is 9.69. The van der Waals surface area contributed by atoms with Gasteiger partial charge >= 0.3 is 0 Å². The van der Waals surface area contributed by atoms with E-state index in [9.17, 15) is 5.11 Å². The standard InChI is InChI=1S/C17H15Cl2NO/c1-17(19)8-3-2-6-13(17)15-12(10-21)9-11-5-4-7-14(18)16(11)20-15/h2-7,9,21H,8,10H2,1H3. The lowest BCUT2D eigenvalue weighted by Gasteiger charge is -2.27. The Kier molecular flexibility index (Phi) is 3.78. The molecule has 108 valence electrons. The van der Waals surface area contributed by atoms with Gasteiger partial charge in [0.2, 0.25) is 0 Å². The number of hydrogen-bond donors (Lipinski definition) is 1. The molecule has 1 heterocycles. The van der Waals surface area contributed by atoms with E-state index in [2.05, 4.69) is 4.98 Å². The SMILES string of the molecule is CC1(Cl)CC=CC=C1c1nc2c(Cl)cccc2cc1CO. The highest BCUT2D eigenvalue weighted by atomic mass is 35.5. The predicted molar refractivity (Wildman–Crippen MR) is 88.7 cm³/mol. The van der Waals surface area contributed by atoms with Crippen LogP contribution in [-0.2, 0) is 6.61 Å². The number of rotatable bonds is 2. The number of aliphatic hydroxyl groups excluding tert-OH is 1. The first-order valence-electron chi connectivity index (χ1n) is 6.78. The quantitative estimate of drug-likeness (QED) is 0.812. The zero-order chi connectivity index (χ0) is 15.0. The summed E-state index contributed by atoms with van der Waals surface area (Å²) in [5.74, 6) is 0. The largest absolute Gasteiger partial charge is 0.392 e. The number of aliphatic hydroxyl groups is 1. The van der Waals surface area contributed by atoms with Crippen LogP contribution in [0.15, 0.2) is 42.5 Å². The molecule has 1 unspecified atom stereocenters. The molecule has 0 radical (unpaired) electrons. The van der Waals surface area contributed by atoms with Crippen LogP contribution in [0.2, 0.25) is 5.02 Å². The first-order chi connectivity index (χ1) is 10.0. The average Bonchev–Trinajstić information content (AvgIpc) is 2.46. The number of allylic oxidation sites excluding steroid dienone is 4. The molecule has 1 aliphatic rings. The van der Waals surface area contributed by atoms with Crippen molar-refractivity contribution in [1.82, 2.24) is 4.98 Å². The minimum Gasteiger partial charge on any atom is -0.392 e. The second kappa shape index (κ2) is 5.45. The van der Waals surface area contributed by atoms with E-state index in [0.717, 1.165) is 34.2 Å². The number of halogens is 2. The lowest BCUT2D eigenvalue weighted by molar-refractivity contribution is 0.281. The van der Waals surface area contributed by atoms with Crippen molar-refractivity contribution in [3.8, 4) is 0 Å². The van der Waals surface area contributed by atoms with Crippen molar-refractivity contribution in [3.63, 3.8) is 0 Å². The molecule has 0 saturated carbocycles. The van der Waals surface area contributed by atoms with Gasteiger partial charge in [-0.3, -0.25) is 0 Å². The summed E-state index contributed by atoms with van der Waals surface area (Å²) in [6.45, 7) is 1.88. The van der Waals surface area contributed by atoms with Crippen molar-refractivity contribution in [2.24, 2.45) is 0 Å². The van der Waals surface area contributed by atoms with Crippen LogP contribution in [0.5, 0.6) is 0 Å². The molecule has 1 aromatic heterocycles. The first-order valence-corrected chi connectivity index (χ1v) is 7.54. The lowest BCUT2D eigenvalue weighted by atomic mass is 9.87. The molecule has 4 heteroatoms. The third kappa shape index (κ3) is 2.59. The highest BCUT2D eigenvalue weighted by Crippen LogP contribution is 2.40. The second-order valence-corrected chi connectivity index (χ2v) is 6.62. The zero-order valence-electron chi connectivity index (χ0n) is 11.6. The van der Waals surface area contributed by atoms with Crippen LogP contribution in [0.3, 0.4) is 0 Å². The first kappa shape index (κ1) is 14.6. The highest BCUT2D eigenvalue weighted by molar-refractivity contribution is 6.35. The average molecular weight is 320 g/mol. The van der Waals surface area contributed by atoms with Gasteiger partial charge in [0.15, 0.2) is 0 Å². The van der Waals surface area contributed by atoms with Gasteiger partial charge in [0, 0.05) is 10.9 Å². The van der Waals surface area contributed by atoms with E-state index < -0.39 is 4.87 Å². The molecule has 1 N–H and O–H groups in total. The Bertz CT molecular complexity index is 763. The van der Waals surface area contributed by atoms with E-state index in [1.165, 1.54) is 0 Å². The van der Waals surface area contributed by atoms with Crippen molar-refractivity contribution < 1.29 is 5.11 Å². The minimum atomic E-state index is -0.527. The molecular weight excluding hydrogens is 305 g/mol. The van der Waals surface area contributed by atoms with Crippen LogP contribution in [0.25, 0.3) is 16.5 Å². The van der Waals surface area contributed by atoms with Crippen LogP contribution >= 0.6 is 23.2 Å². The summed E-state index contributed by atoms with van der Waals surface area (Å²) < 4.78 is 0. The number of alkyl halides is 1. The van der Waals surface area contributed by atoms with Crippen LogP contribution in [0.4, 0.5) is 0 Å². The van der Waals surface area contributed by atoms with Crippen molar-refractivity contribution in [3.05, 3.63) is 58.8 Å². The molecule has 3 rings (SSSR count). The Morgan fingerprint density at radius 2 is 2.19 bits per heavy atom. The van der Waals surface area contributed by atoms with Crippen LogP contribution in [0.1, 0.15) is 24.6 Å². The summed E-state index contributed by atoms with van der Waals surface area (Å²) in [4.78, 5) is 4.16. The van der Waals surface area contributed by atoms with E-state index in [0.29, 0.717) is 5.02 Å². The Morgan fingerprint density at radius 1 is 1.38 bits per heavy atom. The molecule has 0 bridgehead atoms. The van der Waals surface area contributed by atoms with Gasteiger partial charge in [-0.05, 0) is 31.1 Å². The fourth-order valence-corrected chi connectivity index (χ4v) is 3.09. The lowest BCUT2D eigenvalue weighted by Crippen LogP contribution is -2.21. The summed E-state index contributed by atoms with van der Waals surface area (Å²) in [6.07, 6.45) is 6.69. The third-order valence-electron chi connectivity index (χ3n) is 3.76. The molecule has 0 fully saturated rings. The van der Waals surface area contributed by atoms with Crippen LogP contribution < -0.4 is 0 Å². The summed E-state index contributed by atoms with van der Waals surface area (Å²) >= 11 is 12.9. The minimum absolute atomic E-state index is 0.0845. The molecular formula is C17H15Cl2NO.